The van der Waals surface area contributed by atoms with Gasteiger partial charge < -0.3 is 10.8 Å². The average Bonchev–Trinajstić information content (AvgIpc) is 2.19. The fraction of sp³-hybridized carbons (Fsp3) is 0. The van der Waals surface area contributed by atoms with E-state index in [2.05, 4.69) is 0 Å². The number of primary amides is 1. The summed E-state index contributed by atoms with van der Waals surface area (Å²) in [7, 11) is 0. The number of ketones is 1. The van der Waals surface area contributed by atoms with E-state index in [1.165, 1.54) is 0 Å². The Balaban J connectivity index is 2.91. The largest absolute Gasteiger partial charge is 0.507 e. The lowest BCUT2D eigenvalue weighted by Crippen LogP contribution is -2.21. The Bertz CT molecular complexity index is 382. The molecule has 0 unspecified atom stereocenters. The third kappa shape index (κ3) is 2.45. The summed E-state index contributed by atoms with van der Waals surface area (Å²) in [6.07, 6.45) is 0.803. The molecule has 0 saturated heterocycles. The zero-order chi connectivity index (χ0) is 10.6. The lowest BCUT2D eigenvalue weighted by Gasteiger charge is -1.97. The van der Waals surface area contributed by atoms with Crippen LogP contribution in [0.3, 0.4) is 0 Å². The minimum absolute atomic E-state index is 0.269. The summed E-state index contributed by atoms with van der Waals surface area (Å²) in [5.41, 5.74) is 5.18. The van der Waals surface area contributed by atoms with Gasteiger partial charge in [-0.05, 0) is 0 Å². The number of aliphatic hydroxyl groups is 1. The molecule has 0 spiro atoms. The van der Waals surface area contributed by atoms with Gasteiger partial charge in [-0.1, -0.05) is 30.3 Å². The van der Waals surface area contributed by atoms with Gasteiger partial charge in [0.1, 0.15) is 5.76 Å². The Morgan fingerprint density at radius 2 is 1.79 bits per heavy atom. The quantitative estimate of drug-likeness (QED) is 0.418. The first-order valence-electron chi connectivity index (χ1n) is 3.91. The molecule has 1 rings (SSSR count). The molecule has 0 fully saturated rings. The van der Waals surface area contributed by atoms with Crippen LogP contribution in [0, 0.1) is 0 Å². The van der Waals surface area contributed by atoms with E-state index in [4.69, 9.17) is 5.73 Å². The summed E-state index contributed by atoms with van der Waals surface area (Å²) >= 11 is 0. The maximum Gasteiger partial charge on any atom is 0.289 e. The molecule has 0 aliphatic heterocycles. The van der Waals surface area contributed by atoms with E-state index >= 15 is 0 Å². The zero-order valence-electron chi connectivity index (χ0n) is 7.31. The van der Waals surface area contributed by atoms with Crippen molar-refractivity contribution in [3.05, 3.63) is 42.0 Å². The molecule has 1 aromatic carbocycles. The number of carbonyl (C=O) groups is 2. The van der Waals surface area contributed by atoms with Crippen molar-refractivity contribution in [3.63, 3.8) is 0 Å². The van der Waals surface area contributed by atoms with E-state index in [9.17, 15) is 14.7 Å². The van der Waals surface area contributed by atoms with E-state index in [0.717, 1.165) is 6.08 Å². The predicted octanol–water partition coefficient (Wildman–Crippen LogP) is 0.640. The molecular weight excluding hydrogens is 182 g/mol. The van der Waals surface area contributed by atoms with Crippen molar-refractivity contribution < 1.29 is 14.7 Å². The molecule has 0 saturated carbocycles. The lowest BCUT2D eigenvalue weighted by molar-refractivity contribution is -0.133. The van der Waals surface area contributed by atoms with E-state index in [1.54, 1.807) is 30.3 Å². The van der Waals surface area contributed by atoms with Crippen LogP contribution < -0.4 is 5.73 Å². The van der Waals surface area contributed by atoms with E-state index in [-0.39, 0.29) is 5.76 Å². The number of benzene rings is 1. The molecule has 4 heteroatoms. The second-order valence-corrected chi connectivity index (χ2v) is 2.62. The Morgan fingerprint density at radius 3 is 2.29 bits per heavy atom. The standard InChI is InChI=1S/C10H9NO3/c11-10(14)9(13)6-8(12)7-4-2-1-3-5-7/h1-6,12H,(H2,11,14). The molecule has 0 aliphatic rings. The molecule has 0 radical (unpaired) electrons. The molecule has 0 heterocycles. The SMILES string of the molecule is NC(=O)C(=O)C=C(O)c1ccccc1. The van der Waals surface area contributed by atoms with Crippen LogP contribution in [0.5, 0.6) is 0 Å². The Morgan fingerprint density at radius 1 is 1.21 bits per heavy atom. The number of aliphatic hydroxyl groups excluding tert-OH is 1. The second kappa shape index (κ2) is 4.23. The van der Waals surface area contributed by atoms with Gasteiger partial charge in [0.15, 0.2) is 0 Å². The van der Waals surface area contributed by atoms with Gasteiger partial charge in [0.25, 0.3) is 5.91 Å². The van der Waals surface area contributed by atoms with Gasteiger partial charge in [-0.3, -0.25) is 9.59 Å². The number of rotatable bonds is 3. The van der Waals surface area contributed by atoms with Gasteiger partial charge in [0.05, 0.1) is 0 Å². The zero-order valence-corrected chi connectivity index (χ0v) is 7.31. The number of nitrogens with two attached hydrogens (primary N) is 1. The van der Waals surface area contributed by atoms with Crippen LogP contribution in [0.1, 0.15) is 5.56 Å². The summed E-state index contributed by atoms with van der Waals surface area (Å²) in [6, 6.07) is 8.40. The minimum Gasteiger partial charge on any atom is -0.507 e. The summed E-state index contributed by atoms with van der Waals surface area (Å²) in [6.45, 7) is 0. The number of hydrogen-bond donors (Lipinski definition) is 2. The predicted molar refractivity (Wildman–Crippen MR) is 51.2 cm³/mol. The molecule has 1 aromatic rings. The highest BCUT2D eigenvalue weighted by molar-refractivity contribution is 6.41. The Kier molecular flexibility index (Phi) is 3.01. The number of amides is 1. The van der Waals surface area contributed by atoms with Crippen LogP contribution >= 0.6 is 0 Å². The summed E-state index contributed by atoms with van der Waals surface area (Å²) in [5, 5.41) is 9.37. The highest BCUT2D eigenvalue weighted by Crippen LogP contribution is 2.09. The first kappa shape index (κ1) is 9.98. The molecule has 0 atom stereocenters. The van der Waals surface area contributed by atoms with Crippen LogP contribution in [-0.4, -0.2) is 16.8 Å². The molecular formula is C10H9NO3. The maximum absolute atomic E-state index is 10.8. The van der Waals surface area contributed by atoms with Crippen LogP contribution in [0.25, 0.3) is 5.76 Å². The summed E-state index contributed by atoms with van der Waals surface area (Å²) in [4.78, 5) is 21.2. The highest BCUT2D eigenvalue weighted by Gasteiger charge is 2.07. The fourth-order valence-corrected chi connectivity index (χ4v) is 0.888. The number of hydrogen-bond acceptors (Lipinski definition) is 3. The smallest absolute Gasteiger partial charge is 0.289 e. The van der Waals surface area contributed by atoms with E-state index < -0.39 is 11.7 Å². The van der Waals surface area contributed by atoms with Gasteiger partial charge in [0, 0.05) is 11.6 Å². The Hall–Kier alpha value is -2.10. The van der Waals surface area contributed by atoms with Crippen LogP contribution in [-0.2, 0) is 9.59 Å². The molecule has 3 N–H and O–H groups in total. The van der Waals surface area contributed by atoms with Crippen molar-refractivity contribution >= 4 is 17.4 Å². The first-order chi connectivity index (χ1) is 6.61. The van der Waals surface area contributed by atoms with Gasteiger partial charge in [0.2, 0.25) is 5.78 Å². The Labute approximate surface area is 80.7 Å². The van der Waals surface area contributed by atoms with Gasteiger partial charge in [-0.2, -0.15) is 0 Å². The molecule has 0 aliphatic carbocycles. The summed E-state index contributed by atoms with van der Waals surface area (Å²) in [5.74, 6) is -2.28. The third-order valence-corrected chi connectivity index (χ3v) is 1.58. The fourth-order valence-electron chi connectivity index (χ4n) is 0.888. The highest BCUT2D eigenvalue weighted by atomic mass is 16.3. The molecule has 14 heavy (non-hydrogen) atoms. The van der Waals surface area contributed by atoms with Crippen molar-refractivity contribution in [1.82, 2.24) is 0 Å². The number of carbonyl (C=O) groups excluding carboxylic acids is 2. The van der Waals surface area contributed by atoms with Gasteiger partial charge >= 0.3 is 0 Å². The third-order valence-electron chi connectivity index (χ3n) is 1.58. The summed E-state index contributed by atoms with van der Waals surface area (Å²) < 4.78 is 0. The monoisotopic (exact) mass is 191 g/mol. The van der Waals surface area contributed by atoms with Crippen molar-refractivity contribution in [1.29, 1.82) is 0 Å². The maximum atomic E-state index is 10.8. The molecule has 0 aromatic heterocycles. The van der Waals surface area contributed by atoms with Crippen LogP contribution in [0.15, 0.2) is 36.4 Å². The van der Waals surface area contributed by atoms with Gasteiger partial charge in [-0.15, -0.1) is 0 Å². The van der Waals surface area contributed by atoms with Crippen molar-refractivity contribution in [3.8, 4) is 0 Å². The molecule has 4 nitrogen and oxygen atoms in total. The molecule has 72 valence electrons. The first-order valence-corrected chi connectivity index (χ1v) is 3.91. The van der Waals surface area contributed by atoms with Crippen molar-refractivity contribution in [2.24, 2.45) is 5.73 Å². The second-order valence-electron chi connectivity index (χ2n) is 2.62. The van der Waals surface area contributed by atoms with Crippen LogP contribution in [0.2, 0.25) is 0 Å². The van der Waals surface area contributed by atoms with Crippen molar-refractivity contribution in [2.45, 2.75) is 0 Å². The minimum atomic E-state index is -1.09. The normalized spacial score (nSPS) is 11.0. The van der Waals surface area contributed by atoms with Crippen molar-refractivity contribution in [2.75, 3.05) is 0 Å². The molecule has 1 amide bonds. The van der Waals surface area contributed by atoms with E-state index in [1.807, 2.05) is 0 Å². The van der Waals surface area contributed by atoms with Crippen LogP contribution in [0.4, 0.5) is 0 Å². The van der Waals surface area contributed by atoms with E-state index in [0.29, 0.717) is 5.56 Å². The van der Waals surface area contributed by atoms with Gasteiger partial charge in [-0.25, -0.2) is 0 Å². The lowest BCUT2D eigenvalue weighted by atomic mass is 10.1. The topological polar surface area (TPSA) is 80.4 Å². The average molecular weight is 191 g/mol. The molecule has 0 bridgehead atoms.